The zero-order valence-corrected chi connectivity index (χ0v) is 10.9. The van der Waals surface area contributed by atoms with Crippen LogP contribution in [-0.2, 0) is 4.79 Å². The van der Waals surface area contributed by atoms with Crippen molar-refractivity contribution in [2.24, 2.45) is 5.92 Å². The summed E-state index contributed by atoms with van der Waals surface area (Å²) in [5, 5.41) is 0. The van der Waals surface area contributed by atoms with Gasteiger partial charge in [0.2, 0.25) is 0 Å². The van der Waals surface area contributed by atoms with E-state index in [2.05, 4.69) is 25.0 Å². The maximum Gasteiger partial charge on any atom is 0.149 e. The molecule has 2 atom stereocenters. The fraction of sp³-hybridized carbons (Fsp3) is 0.909. The molecule has 2 unspecified atom stereocenters. The number of carbonyl (C=O) groups excluding carboxylic acids is 1. The van der Waals surface area contributed by atoms with E-state index >= 15 is 0 Å². The molecule has 14 heavy (non-hydrogen) atoms. The van der Waals surface area contributed by atoms with E-state index in [-0.39, 0.29) is 5.92 Å². The zero-order valence-electron chi connectivity index (χ0n) is 10.0. The number of hydrogen-bond acceptors (Lipinski definition) is 3. The van der Waals surface area contributed by atoms with Crippen LogP contribution in [0.4, 0.5) is 0 Å². The molecule has 0 fully saturated rings. The lowest BCUT2D eigenvalue weighted by Gasteiger charge is -2.24. The van der Waals surface area contributed by atoms with Gasteiger partial charge in [-0.15, -0.1) is 0 Å². The van der Waals surface area contributed by atoms with Gasteiger partial charge >= 0.3 is 0 Å². The molecule has 3 heteroatoms. The molecule has 0 spiro atoms. The van der Waals surface area contributed by atoms with Gasteiger partial charge in [0.1, 0.15) is 5.78 Å². The Balaban J connectivity index is 3.92. The summed E-state index contributed by atoms with van der Waals surface area (Å²) < 4.78 is 0. The second kappa shape index (κ2) is 7.30. The van der Waals surface area contributed by atoms with E-state index < -0.39 is 0 Å². The standard InChI is InChI=1S/C11H23NOS/c1-6-9(2)11(13)7-12(4)10(3)8-14-5/h9-10H,6-8H2,1-5H3. The molecule has 0 aliphatic heterocycles. The lowest BCUT2D eigenvalue weighted by molar-refractivity contribution is -0.123. The molecule has 2 nitrogen and oxygen atoms in total. The number of rotatable bonds is 7. The van der Waals surface area contributed by atoms with E-state index in [0.717, 1.165) is 12.2 Å². The highest BCUT2D eigenvalue weighted by Crippen LogP contribution is 2.07. The molecule has 0 radical (unpaired) electrons. The van der Waals surface area contributed by atoms with Gasteiger partial charge in [-0.3, -0.25) is 9.69 Å². The molecular formula is C11H23NOS. The molecule has 0 aromatic rings. The van der Waals surface area contributed by atoms with Crippen molar-refractivity contribution in [1.29, 1.82) is 0 Å². The van der Waals surface area contributed by atoms with Gasteiger partial charge in [0.25, 0.3) is 0 Å². The third kappa shape index (κ3) is 5.01. The van der Waals surface area contributed by atoms with Crippen LogP contribution in [0.2, 0.25) is 0 Å². The molecule has 0 aromatic carbocycles. The van der Waals surface area contributed by atoms with Crippen LogP contribution in [0.5, 0.6) is 0 Å². The highest BCUT2D eigenvalue weighted by atomic mass is 32.2. The largest absolute Gasteiger partial charge is 0.298 e. The molecule has 0 heterocycles. The minimum Gasteiger partial charge on any atom is -0.298 e. The van der Waals surface area contributed by atoms with E-state index in [0.29, 0.717) is 18.4 Å². The molecule has 0 aliphatic carbocycles. The SMILES string of the molecule is CCC(C)C(=O)CN(C)C(C)CSC. The van der Waals surface area contributed by atoms with Gasteiger partial charge in [-0.25, -0.2) is 0 Å². The first-order valence-electron chi connectivity index (χ1n) is 5.24. The number of carbonyl (C=O) groups is 1. The normalized spacial score (nSPS) is 15.6. The highest BCUT2D eigenvalue weighted by molar-refractivity contribution is 7.98. The van der Waals surface area contributed by atoms with Crippen molar-refractivity contribution >= 4 is 17.5 Å². The number of ketones is 1. The first kappa shape index (κ1) is 14.0. The number of hydrogen-bond donors (Lipinski definition) is 0. The monoisotopic (exact) mass is 217 g/mol. The lowest BCUT2D eigenvalue weighted by Crippen LogP contribution is -2.37. The van der Waals surface area contributed by atoms with E-state index in [4.69, 9.17) is 0 Å². The molecule has 0 amide bonds. The Morgan fingerprint density at radius 3 is 2.43 bits per heavy atom. The Morgan fingerprint density at radius 1 is 1.43 bits per heavy atom. The van der Waals surface area contributed by atoms with Gasteiger partial charge in [-0.05, 0) is 26.6 Å². The highest BCUT2D eigenvalue weighted by Gasteiger charge is 2.16. The van der Waals surface area contributed by atoms with E-state index in [1.165, 1.54) is 0 Å². The van der Waals surface area contributed by atoms with Crippen LogP contribution in [0.3, 0.4) is 0 Å². The van der Waals surface area contributed by atoms with Crippen molar-refractivity contribution in [1.82, 2.24) is 4.90 Å². The van der Waals surface area contributed by atoms with Gasteiger partial charge in [-0.1, -0.05) is 13.8 Å². The van der Waals surface area contributed by atoms with Crippen LogP contribution in [-0.4, -0.2) is 42.3 Å². The summed E-state index contributed by atoms with van der Waals surface area (Å²) >= 11 is 1.83. The molecule has 0 saturated carbocycles. The molecular weight excluding hydrogens is 194 g/mol. The van der Waals surface area contributed by atoms with Crippen LogP contribution in [0.15, 0.2) is 0 Å². The van der Waals surface area contributed by atoms with Crippen molar-refractivity contribution in [3.05, 3.63) is 0 Å². The Bertz CT molecular complexity index is 173. The zero-order chi connectivity index (χ0) is 11.1. The Kier molecular flexibility index (Phi) is 7.28. The quantitative estimate of drug-likeness (QED) is 0.652. The van der Waals surface area contributed by atoms with Crippen molar-refractivity contribution in [3.63, 3.8) is 0 Å². The minimum atomic E-state index is 0.207. The third-order valence-electron chi connectivity index (χ3n) is 2.73. The van der Waals surface area contributed by atoms with Gasteiger partial charge in [0.05, 0.1) is 6.54 Å². The summed E-state index contributed by atoms with van der Waals surface area (Å²) in [4.78, 5) is 13.8. The fourth-order valence-corrected chi connectivity index (χ4v) is 1.89. The molecule has 0 N–H and O–H groups in total. The van der Waals surface area contributed by atoms with E-state index in [9.17, 15) is 4.79 Å². The van der Waals surface area contributed by atoms with Crippen molar-refractivity contribution in [2.75, 3.05) is 25.6 Å². The first-order valence-corrected chi connectivity index (χ1v) is 6.64. The van der Waals surface area contributed by atoms with Crippen LogP contribution >= 0.6 is 11.8 Å². The molecule has 0 bridgehead atoms. The first-order chi connectivity index (χ1) is 6.52. The fourth-order valence-electron chi connectivity index (χ4n) is 1.15. The van der Waals surface area contributed by atoms with Gasteiger partial charge < -0.3 is 0 Å². The molecule has 0 rings (SSSR count). The van der Waals surface area contributed by atoms with E-state index in [1.807, 2.05) is 25.7 Å². The van der Waals surface area contributed by atoms with Gasteiger partial charge in [-0.2, -0.15) is 11.8 Å². The third-order valence-corrected chi connectivity index (χ3v) is 3.54. The Morgan fingerprint density at radius 2 is 2.00 bits per heavy atom. The predicted octanol–water partition coefficient (Wildman–Crippen LogP) is 2.28. The van der Waals surface area contributed by atoms with Crippen LogP contribution in [0.25, 0.3) is 0 Å². The summed E-state index contributed by atoms with van der Waals surface area (Å²) in [6.45, 7) is 6.83. The number of likely N-dealkylation sites (N-methyl/N-ethyl adjacent to an activating group) is 1. The topological polar surface area (TPSA) is 20.3 Å². The summed E-state index contributed by atoms with van der Waals surface area (Å²) in [6, 6.07) is 0.484. The Hall–Kier alpha value is -0.0200. The maximum atomic E-state index is 11.6. The average Bonchev–Trinajstić information content (AvgIpc) is 2.16. The molecule has 0 saturated heterocycles. The maximum absolute atomic E-state index is 11.6. The summed E-state index contributed by atoms with van der Waals surface area (Å²) in [6.07, 6.45) is 3.05. The molecule has 84 valence electrons. The smallest absolute Gasteiger partial charge is 0.149 e. The Labute approximate surface area is 92.4 Å². The average molecular weight is 217 g/mol. The van der Waals surface area contributed by atoms with Crippen molar-refractivity contribution < 1.29 is 4.79 Å². The predicted molar refractivity (Wildman–Crippen MR) is 64.9 cm³/mol. The van der Waals surface area contributed by atoms with Crippen LogP contribution in [0.1, 0.15) is 27.2 Å². The van der Waals surface area contributed by atoms with Gasteiger partial charge in [0, 0.05) is 17.7 Å². The molecule has 0 aliphatic rings. The lowest BCUT2D eigenvalue weighted by atomic mass is 10.0. The number of thioether (sulfide) groups is 1. The second-order valence-electron chi connectivity index (χ2n) is 4.00. The van der Waals surface area contributed by atoms with Crippen molar-refractivity contribution in [3.8, 4) is 0 Å². The summed E-state index contributed by atoms with van der Waals surface area (Å²) in [5.74, 6) is 1.66. The summed E-state index contributed by atoms with van der Waals surface area (Å²) in [7, 11) is 2.03. The van der Waals surface area contributed by atoms with Crippen LogP contribution < -0.4 is 0 Å². The van der Waals surface area contributed by atoms with Crippen LogP contribution in [0, 0.1) is 5.92 Å². The van der Waals surface area contributed by atoms with Gasteiger partial charge in [0.15, 0.2) is 0 Å². The summed E-state index contributed by atoms with van der Waals surface area (Å²) in [5.41, 5.74) is 0. The van der Waals surface area contributed by atoms with E-state index in [1.54, 1.807) is 0 Å². The number of nitrogens with zero attached hydrogens (tertiary/aromatic N) is 1. The number of Topliss-reactive ketones (excluding diaryl/α,β-unsaturated/α-hetero) is 1. The molecule has 0 aromatic heterocycles. The minimum absolute atomic E-state index is 0.207. The van der Waals surface area contributed by atoms with Crippen molar-refractivity contribution in [2.45, 2.75) is 33.2 Å². The second-order valence-corrected chi connectivity index (χ2v) is 4.91.